The lowest BCUT2D eigenvalue weighted by Crippen LogP contribution is -2.24. The molecule has 0 aliphatic heterocycles. The molecule has 2 aromatic rings. The van der Waals surface area contributed by atoms with Crippen molar-refractivity contribution >= 4 is 21.7 Å². The molecule has 0 atom stereocenters. The molecular weight excluding hydrogens is 292 g/mol. The molecule has 1 aromatic heterocycles. The van der Waals surface area contributed by atoms with Gasteiger partial charge in [0, 0.05) is 11.6 Å². The van der Waals surface area contributed by atoms with Gasteiger partial charge in [0.25, 0.3) is 5.91 Å². The molecule has 0 saturated carbocycles. The minimum atomic E-state index is -3.66. The highest BCUT2D eigenvalue weighted by Gasteiger charge is 2.14. The number of terminal acetylenes is 1. The molecule has 0 radical (unpaired) electrons. The monoisotopic (exact) mass is 304 g/mol. The number of sulfonamides is 1. The quantitative estimate of drug-likeness (QED) is 0.703. The summed E-state index contributed by atoms with van der Waals surface area (Å²) in [5, 5.41) is 8.87. The zero-order chi connectivity index (χ0) is 15.3. The third kappa shape index (κ3) is 3.68. The summed E-state index contributed by atoms with van der Waals surface area (Å²) in [6.45, 7) is -0.0929. The Morgan fingerprint density at radius 1 is 1.29 bits per heavy atom. The molecule has 108 valence electrons. The van der Waals surface area contributed by atoms with E-state index in [-0.39, 0.29) is 17.3 Å². The Hall–Kier alpha value is -2.63. The lowest BCUT2D eigenvalue weighted by molar-refractivity contribution is 0.102. The molecule has 1 amide bonds. The summed E-state index contributed by atoms with van der Waals surface area (Å²) >= 11 is 0. The Bertz CT molecular complexity index is 759. The molecule has 8 heteroatoms. The zero-order valence-corrected chi connectivity index (χ0v) is 11.6. The van der Waals surface area contributed by atoms with E-state index in [9.17, 15) is 13.2 Å². The lowest BCUT2D eigenvalue weighted by Gasteiger charge is -2.06. The first-order chi connectivity index (χ1) is 10.0. The topological polar surface area (TPSA) is 104 Å². The van der Waals surface area contributed by atoms with Gasteiger partial charge in [-0.05, 0) is 24.3 Å². The second-order valence-corrected chi connectivity index (χ2v) is 5.74. The third-order valence-electron chi connectivity index (χ3n) is 2.54. The summed E-state index contributed by atoms with van der Waals surface area (Å²) in [4.78, 5) is 11.9. The second-order valence-electron chi connectivity index (χ2n) is 3.98. The molecule has 0 fully saturated rings. The fourth-order valence-electron chi connectivity index (χ4n) is 1.53. The highest BCUT2D eigenvalue weighted by molar-refractivity contribution is 7.89. The highest BCUT2D eigenvalue weighted by atomic mass is 32.2. The molecule has 0 aliphatic rings. The molecule has 21 heavy (non-hydrogen) atoms. The van der Waals surface area contributed by atoms with E-state index >= 15 is 0 Å². The summed E-state index contributed by atoms with van der Waals surface area (Å²) in [5.41, 5.74) is 0.320. The van der Waals surface area contributed by atoms with Crippen LogP contribution in [0.2, 0.25) is 0 Å². The number of amides is 1. The van der Waals surface area contributed by atoms with Gasteiger partial charge in [-0.1, -0.05) is 5.92 Å². The fourth-order valence-corrected chi connectivity index (χ4v) is 2.46. The maximum absolute atomic E-state index is 11.9. The number of aromatic amines is 1. The molecule has 0 saturated heterocycles. The van der Waals surface area contributed by atoms with Crippen LogP contribution in [0.3, 0.4) is 0 Å². The third-order valence-corrected chi connectivity index (χ3v) is 3.96. The standard InChI is InChI=1S/C13H12N4O3S/c1-2-8-15-21(19,20)11-5-3-10(4-6-11)13(18)16-12-7-9-14-17-12/h1,3-7,9,15H,8H2,(H2,14,16,17,18). The molecule has 7 nitrogen and oxygen atoms in total. The van der Waals surface area contributed by atoms with Crippen LogP contribution in [0, 0.1) is 12.3 Å². The van der Waals surface area contributed by atoms with E-state index in [0.717, 1.165) is 0 Å². The van der Waals surface area contributed by atoms with Crippen molar-refractivity contribution in [1.82, 2.24) is 14.9 Å². The van der Waals surface area contributed by atoms with Gasteiger partial charge in [0.05, 0.1) is 17.6 Å². The summed E-state index contributed by atoms with van der Waals surface area (Å²) in [7, 11) is -3.66. The van der Waals surface area contributed by atoms with Crippen molar-refractivity contribution < 1.29 is 13.2 Å². The number of benzene rings is 1. The van der Waals surface area contributed by atoms with E-state index in [2.05, 4.69) is 26.2 Å². The highest BCUT2D eigenvalue weighted by Crippen LogP contribution is 2.11. The van der Waals surface area contributed by atoms with Crippen molar-refractivity contribution in [3.63, 3.8) is 0 Å². The Labute approximate surface area is 121 Å². The van der Waals surface area contributed by atoms with Gasteiger partial charge in [0.1, 0.15) is 5.82 Å². The number of carbonyl (C=O) groups excluding carboxylic acids is 1. The first-order valence-electron chi connectivity index (χ1n) is 5.87. The number of hydrogen-bond acceptors (Lipinski definition) is 4. The van der Waals surface area contributed by atoms with Crippen molar-refractivity contribution in [3.05, 3.63) is 42.1 Å². The number of hydrogen-bond donors (Lipinski definition) is 3. The van der Waals surface area contributed by atoms with Gasteiger partial charge in [0.2, 0.25) is 10.0 Å². The summed E-state index contributed by atoms with van der Waals surface area (Å²) < 4.78 is 25.8. The van der Waals surface area contributed by atoms with Crippen molar-refractivity contribution in [1.29, 1.82) is 0 Å². The van der Waals surface area contributed by atoms with Crippen molar-refractivity contribution in [2.45, 2.75) is 4.90 Å². The van der Waals surface area contributed by atoms with Crippen LogP contribution in [0.4, 0.5) is 5.82 Å². The summed E-state index contributed by atoms with van der Waals surface area (Å²) in [5.74, 6) is 2.26. The number of carbonyl (C=O) groups is 1. The number of nitrogens with zero attached hydrogens (tertiary/aromatic N) is 1. The average Bonchev–Trinajstić information content (AvgIpc) is 2.98. The van der Waals surface area contributed by atoms with Crippen LogP contribution in [0.1, 0.15) is 10.4 Å². The van der Waals surface area contributed by atoms with Gasteiger partial charge in [-0.15, -0.1) is 6.42 Å². The molecule has 0 spiro atoms. The number of anilines is 1. The Kier molecular flexibility index (Phi) is 4.37. The van der Waals surface area contributed by atoms with E-state index in [0.29, 0.717) is 11.4 Å². The molecule has 1 heterocycles. The largest absolute Gasteiger partial charge is 0.307 e. The van der Waals surface area contributed by atoms with E-state index < -0.39 is 10.0 Å². The van der Waals surface area contributed by atoms with Gasteiger partial charge in [0.15, 0.2) is 0 Å². The fraction of sp³-hybridized carbons (Fsp3) is 0.0769. The molecule has 2 rings (SSSR count). The van der Waals surface area contributed by atoms with Gasteiger partial charge < -0.3 is 5.32 Å². The average molecular weight is 304 g/mol. The first-order valence-corrected chi connectivity index (χ1v) is 7.35. The second kappa shape index (κ2) is 6.21. The molecular formula is C13H12N4O3S. The maximum Gasteiger partial charge on any atom is 0.256 e. The number of aromatic nitrogens is 2. The smallest absolute Gasteiger partial charge is 0.256 e. The molecule has 1 aromatic carbocycles. The summed E-state index contributed by atoms with van der Waals surface area (Å²) in [6.07, 6.45) is 6.51. The maximum atomic E-state index is 11.9. The van der Waals surface area contributed by atoms with Crippen LogP contribution in [-0.2, 0) is 10.0 Å². The Morgan fingerprint density at radius 3 is 2.57 bits per heavy atom. The van der Waals surface area contributed by atoms with Gasteiger partial charge in [-0.25, -0.2) is 8.42 Å². The first kappa shape index (κ1) is 14.8. The van der Waals surface area contributed by atoms with Crippen molar-refractivity contribution in [2.24, 2.45) is 0 Å². The molecule has 0 aliphatic carbocycles. The van der Waals surface area contributed by atoms with Gasteiger partial charge >= 0.3 is 0 Å². The van der Waals surface area contributed by atoms with Crippen molar-refractivity contribution in [2.75, 3.05) is 11.9 Å². The summed E-state index contributed by atoms with van der Waals surface area (Å²) in [6, 6.07) is 7.09. The zero-order valence-electron chi connectivity index (χ0n) is 10.8. The normalized spacial score (nSPS) is 10.8. The van der Waals surface area contributed by atoms with Crippen LogP contribution in [0.5, 0.6) is 0 Å². The number of rotatable bonds is 5. The van der Waals surface area contributed by atoms with Crippen LogP contribution < -0.4 is 10.0 Å². The van der Waals surface area contributed by atoms with E-state index in [1.54, 1.807) is 6.07 Å². The lowest BCUT2D eigenvalue weighted by atomic mass is 10.2. The number of nitrogens with one attached hydrogen (secondary N) is 3. The number of H-pyrrole nitrogens is 1. The van der Waals surface area contributed by atoms with Crippen LogP contribution in [-0.4, -0.2) is 31.1 Å². The van der Waals surface area contributed by atoms with E-state index in [1.807, 2.05) is 0 Å². The minimum absolute atomic E-state index is 0.0378. The van der Waals surface area contributed by atoms with Crippen LogP contribution in [0.15, 0.2) is 41.4 Å². The van der Waals surface area contributed by atoms with Crippen LogP contribution in [0.25, 0.3) is 0 Å². The van der Waals surface area contributed by atoms with Crippen LogP contribution >= 0.6 is 0 Å². The van der Waals surface area contributed by atoms with Gasteiger partial charge in [-0.3, -0.25) is 9.89 Å². The molecule has 0 unspecified atom stereocenters. The Morgan fingerprint density at radius 2 is 2.00 bits per heavy atom. The van der Waals surface area contributed by atoms with Gasteiger partial charge in [-0.2, -0.15) is 9.82 Å². The predicted molar refractivity (Wildman–Crippen MR) is 77.0 cm³/mol. The predicted octanol–water partition coefficient (Wildman–Crippen LogP) is 0.573. The van der Waals surface area contributed by atoms with E-state index in [4.69, 9.17) is 6.42 Å². The SMILES string of the molecule is C#CCNS(=O)(=O)c1ccc(C(=O)Nc2ccn[nH]2)cc1. The Balaban J connectivity index is 2.12. The van der Waals surface area contributed by atoms with E-state index in [1.165, 1.54) is 30.5 Å². The molecule has 3 N–H and O–H groups in total. The molecule has 0 bridgehead atoms. The minimum Gasteiger partial charge on any atom is -0.307 e. The van der Waals surface area contributed by atoms with Crippen molar-refractivity contribution in [3.8, 4) is 12.3 Å².